The van der Waals surface area contributed by atoms with Gasteiger partial charge < -0.3 is 0 Å². The van der Waals surface area contributed by atoms with Gasteiger partial charge in [0.05, 0.1) is 0 Å². The van der Waals surface area contributed by atoms with Crippen molar-refractivity contribution in [1.29, 1.82) is 0 Å². The quantitative estimate of drug-likeness (QED) is 0.222. The van der Waals surface area contributed by atoms with Crippen molar-refractivity contribution in [2.45, 2.75) is 54.6 Å². The molecule has 0 N–H and O–H groups in total. The van der Waals surface area contributed by atoms with Crippen LogP contribution in [0.15, 0.2) is 24.3 Å². The molecular weight excluding hydrogens is 520 g/mol. The predicted molar refractivity (Wildman–Crippen MR) is 105 cm³/mol. The Morgan fingerprint density at radius 3 is 2.44 bits per heavy atom. The molecule has 1 aromatic carbocycles. The number of carbonyl (C=O) groups excluding carboxylic acids is 1. The number of rotatable bonds is 5. The summed E-state index contributed by atoms with van der Waals surface area (Å²) < 4.78 is 63.3. The zero-order chi connectivity index (χ0) is 20.4. The molecule has 4 nitrogen and oxygen atoms in total. The molecule has 27 heavy (non-hydrogen) atoms. The molecule has 0 amide bonds. The number of ether oxygens (including phenoxy) is 1. The van der Waals surface area contributed by atoms with Crippen molar-refractivity contribution in [2.75, 3.05) is 0 Å². The van der Waals surface area contributed by atoms with Crippen LogP contribution >= 0.6 is 27.6 Å². The van der Waals surface area contributed by atoms with Crippen LogP contribution in [0.2, 0.25) is 0 Å². The summed E-state index contributed by atoms with van der Waals surface area (Å²) in [5, 5.41) is -0.830. The molecule has 2 rings (SSSR count). The van der Waals surface area contributed by atoms with Gasteiger partial charge in [0, 0.05) is 0 Å². The Balaban J connectivity index is 2.29. The first-order valence-corrected chi connectivity index (χ1v) is 14.3. The van der Waals surface area contributed by atoms with Crippen molar-refractivity contribution >= 4 is 44.6 Å². The molecule has 10 heteroatoms. The van der Waals surface area contributed by atoms with E-state index in [0.29, 0.717) is 25.7 Å². The molecule has 1 aliphatic rings. The van der Waals surface area contributed by atoms with E-state index in [4.69, 9.17) is 13.6 Å². The average molecular weight is 540 g/mol. The van der Waals surface area contributed by atoms with E-state index in [-0.39, 0.29) is 9.13 Å². The van der Waals surface area contributed by atoms with Crippen molar-refractivity contribution in [3.8, 4) is 0 Å². The topological polar surface area (TPSA) is 66.4 Å². The summed E-state index contributed by atoms with van der Waals surface area (Å²) in [6.07, 6.45) is 2.17. The van der Waals surface area contributed by atoms with E-state index >= 15 is 0 Å². The van der Waals surface area contributed by atoms with Gasteiger partial charge in [-0.1, -0.05) is 0 Å². The summed E-state index contributed by atoms with van der Waals surface area (Å²) in [7, 11) is 5.75. The summed E-state index contributed by atoms with van der Waals surface area (Å²) in [6.45, 7) is 2.99. The first-order chi connectivity index (χ1) is 12.4. The fourth-order valence-corrected chi connectivity index (χ4v) is 7.42. The maximum atomic E-state index is 13.2. The van der Waals surface area contributed by atoms with Crippen molar-refractivity contribution in [1.82, 2.24) is 0 Å². The fraction of sp³-hybridized carbons (Fsp3) is 0.588. The Morgan fingerprint density at radius 2 is 1.85 bits per heavy atom. The van der Waals surface area contributed by atoms with Gasteiger partial charge in [-0.15, -0.1) is 0 Å². The summed E-state index contributed by atoms with van der Waals surface area (Å²) >= 11 is -6.43. The van der Waals surface area contributed by atoms with Gasteiger partial charge >= 0.3 is 170 Å². The normalized spacial score (nSPS) is 22.9. The molecule has 0 aliphatic heterocycles. The molecule has 0 aromatic heterocycles. The van der Waals surface area contributed by atoms with Crippen molar-refractivity contribution in [3.63, 3.8) is 0 Å². The second-order valence-corrected chi connectivity index (χ2v) is 13.6. The minimum absolute atomic E-state index is 0.0405. The van der Waals surface area contributed by atoms with Gasteiger partial charge in [0.15, 0.2) is 0 Å². The van der Waals surface area contributed by atoms with E-state index in [0.717, 1.165) is 0 Å². The second kappa shape index (κ2) is 8.96. The van der Waals surface area contributed by atoms with Crippen LogP contribution in [-0.2, 0) is 26.2 Å². The Labute approximate surface area is 169 Å². The SMILES string of the molecule is CC(C)(OC(=O)C1CCCCC1S(=O)[O-])c1ccccc1I(Cl)C(F)(F)F. The Morgan fingerprint density at radius 1 is 1.26 bits per heavy atom. The molecule has 1 aliphatic carbocycles. The first-order valence-electron chi connectivity index (χ1n) is 8.29. The van der Waals surface area contributed by atoms with E-state index in [2.05, 4.69) is 0 Å². The molecule has 0 radical (unpaired) electrons. The molecule has 1 aromatic rings. The molecule has 1 saturated carbocycles. The summed E-state index contributed by atoms with van der Waals surface area (Å²) in [6, 6.07) is 5.80. The predicted octanol–water partition coefficient (Wildman–Crippen LogP) is 5.25. The van der Waals surface area contributed by atoms with E-state index < -0.39 is 56.7 Å². The van der Waals surface area contributed by atoms with Crippen LogP contribution in [0.1, 0.15) is 45.1 Å². The third kappa shape index (κ3) is 5.57. The van der Waals surface area contributed by atoms with Crippen molar-refractivity contribution in [2.24, 2.45) is 5.92 Å². The number of carbonyl (C=O) groups is 1. The van der Waals surface area contributed by atoms with Gasteiger partial charge in [-0.25, -0.2) is 0 Å². The van der Waals surface area contributed by atoms with Gasteiger partial charge in [0.1, 0.15) is 0 Å². The number of hydrogen-bond acceptors (Lipinski definition) is 4. The van der Waals surface area contributed by atoms with Crippen LogP contribution in [-0.4, -0.2) is 24.2 Å². The van der Waals surface area contributed by atoms with Gasteiger partial charge in [-0.2, -0.15) is 0 Å². The number of benzene rings is 1. The second-order valence-electron chi connectivity index (χ2n) is 6.77. The summed E-state index contributed by atoms with van der Waals surface area (Å²) in [5.41, 5.74) is -1.16. The van der Waals surface area contributed by atoms with Gasteiger partial charge in [-0.05, 0) is 0 Å². The Kier molecular flexibility index (Phi) is 7.60. The van der Waals surface area contributed by atoms with E-state index in [1.807, 2.05) is 0 Å². The number of halogens is 5. The van der Waals surface area contributed by atoms with Crippen LogP contribution in [0.5, 0.6) is 0 Å². The monoisotopic (exact) mass is 539 g/mol. The molecule has 0 bridgehead atoms. The van der Waals surface area contributed by atoms with E-state index in [9.17, 15) is 26.7 Å². The van der Waals surface area contributed by atoms with Gasteiger partial charge in [0.2, 0.25) is 0 Å². The first kappa shape index (κ1) is 22.9. The minimum atomic E-state index is -4.50. The van der Waals surface area contributed by atoms with Crippen molar-refractivity contribution in [3.05, 3.63) is 33.4 Å². The van der Waals surface area contributed by atoms with Gasteiger partial charge in [-0.3, -0.25) is 0 Å². The molecule has 3 atom stereocenters. The molecule has 1 fully saturated rings. The van der Waals surface area contributed by atoms with Crippen LogP contribution in [0, 0.1) is 9.49 Å². The number of esters is 1. The third-order valence-electron chi connectivity index (χ3n) is 4.50. The van der Waals surface area contributed by atoms with E-state index in [1.165, 1.54) is 32.0 Å². The average Bonchev–Trinajstić information content (AvgIpc) is 2.59. The van der Waals surface area contributed by atoms with Crippen LogP contribution in [0.4, 0.5) is 13.2 Å². The molecule has 3 unspecified atom stereocenters. The Hall–Kier alpha value is -0.390. The molecule has 0 saturated heterocycles. The molecule has 0 heterocycles. The van der Waals surface area contributed by atoms with Crippen LogP contribution in [0.3, 0.4) is 0 Å². The zero-order valence-electron chi connectivity index (χ0n) is 14.7. The Bertz CT molecular complexity index is 714. The maximum absolute atomic E-state index is 13.2. The number of hydrogen-bond donors (Lipinski definition) is 0. The third-order valence-corrected chi connectivity index (χ3v) is 10.7. The fourth-order valence-electron chi connectivity index (χ4n) is 3.19. The van der Waals surface area contributed by atoms with Crippen LogP contribution < -0.4 is 0 Å². The standard InChI is InChI=1S/C17H21ClF3IO4S/c1-16(2,12-8-4-5-9-13(12)22(18)17(19,20)21)26-15(23)11-7-3-6-10-14(11)27(24)25/h4-5,8-9,11,14H,3,6-7,10H2,1-2H3,(H,24,25)/p-1. The van der Waals surface area contributed by atoms with Gasteiger partial charge in [0.25, 0.3) is 0 Å². The molecular formula is C17H20ClF3IO4S-. The van der Waals surface area contributed by atoms with Crippen LogP contribution in [0.25, 0.3) is 0 Å². The zero-order valence-corrected chi connectivity index (χ0v) is 18.5. The molecule has 154 valence electrons. The van der Waals surface area contributed by atoms with Crippen molar-refractivity contribution < 1.29 is 31.5 Å². The number of alkyl halides is 4. The molecule has 0 spiro atoms. The summed E-state index contributed by atoms with van der Waals surface area (Å²) in [5.74, 6) is -1.51. The summed E-state index contributed by atoms with van der Waals surface area (Å²) in [4.78, 5) is 12.6. The van der Waals surface area contributed by atoms with E-state index in [1.54, 1.807) is 6.07 Å².